The molecule has 0 aliphatic carbocycles. The van der Waals surface area contributed by atoms with Crippen molar-refractivity contribution >= 4 is 0 Å². The van der Waals surface area contributed by atoms with Crippen molar-refractivity contribution in [3.63, 3.8) is 0 Å². The minimum absolute atomic E-state index is 0. The number of nitrogens with zero attached hydrogens (tertiary/aromatic N) is 3. The summed E-state index contributed by atoms with van der Waals surface area (Å²) in [7, 11) is 1.77. The van der Waals surface area contributed by atoms with Gasteiger partial charge in [-0.15, -0.1) is 5.10 Å². The number of hydrogen-bond acceptors (Lipinski definition) is 4. The smallest absolute Gasteiger partial charge is 0.0715 e. The molecule has 1 aromatic rings. The van der Waals surface area contributed by atoms with Crippen LogP contribution in [0, 0.1) is 0 Å². The van der Waals surface area contributed by atoms with Crippen molar-refractivity contribution < 1.29 is 0 Å². The Morgan fingerprint density at radius 1 is 1.62 bits per heavy atom. The second kappa shape index (κ2) is 2.98. The summed E-state index contributed by atoms with van der Waals surface area (Å²) < 4.78 is 0. The fourth-order valence-electron chi connectivity index (χ4n) is 0.327. The van der Waals surface area contributed by atoms with E-state index in [1.807, 2.05) is 0 Å². The van der Waals surface area contributed by atoms with Crippen LogP contribution >= 0.6 is 0 Å². The molecule has 0 spiro atoms. The predicted octanol–water partition coefficient (Wildman–Crippen LogP) is -0.387. The predicted molar refractivity (Wildman–Crippen MR) is 30.3 cm³/mol. The van der Waals surface area contributed by atoms with Gasteiger partial charge >= 0.3 is 0 Å². The van der Waals surface area contributed by atoms with Gasteiger partial charge in [0, 0.05) is 7.05 Å². The molecule has 0 amide bonds. The van der Waals surface area contributed by atoms with Gasteiger partial charge in [0.15, 0.2) is 0 Å². The van der Waals surface area contributed by atoms with Crippen LogP contribution in [0.4, 0.5) is 0 Å². The van der Waals surface area contributed by atoms with Gasteiger partial charge in [-0.2, -0.15) is 4.79 Å². The lowest BCUT2D eigenvalue weighted by molar-refractivity contribution is 0.728. The van der Waals surface area contributed by atoms with Crippen LogP contribution in [0.15, 0.2) is 12.4 Å². The number of aromatic nitrogens is 3. The summed E-state index contributed by atoms with van der Waals surface area (Å²) in [5, 5.41) is 7.13. The third-order valence-electron chi connectivity index (χ3n) is 0.652. The van der Waals surface area contributed by atoms with E-state index in [0.29, 0.717) is 0 Å². The second-order valence-corrected chi connectivity index (χ2v) is 1.07. The Morgan fingerprint density at radius 2 is 2.38 bits per heavy atom. The van der Waals surface area contributed by atoms with E-state index < -0.39 is 0 Å². The van der Waals surface area contributed by atoms with Crippen molar-refractivity contribution in [1.82, 2.24) is 21.3 Å². The molecule has 0 unspecified atom stereocenters. The van der Waals surface area contributed by atoms with Gasteiger partial charge in [0.2, 0.25) is 0 Å². The van der Waals surface area contributed by atoms with Crippen molar-refractivity contribution in [3.8, 4) is 0 Å². The lowest BCUT2D eigenvalue weighted by Gasteiger charge is -1.90. The van der Waals surface area contributed by atoms with Crippen molar-refractivity contribution in [1.29, 1.82) is 0 Å². The zero-order valence-electron chi connectivity index (χ0n) is 4.70. The average molecular weight is 115 g/mol. The lowest BCUT2D eigenvalue weighted by Crippen LogP contribution is -2.08. The van der Waals surface area contributed by atoms with Crippen LogP contribution in [0.1, 0.15) is 0 Å². The number of rotatable bonds is 1. The minimum Gasteiger partial charge on any atom is -0.344 e. The largest absolute Gasteiger partial charge is 0.344 e. The maximum absolute atomic E-state index is 3.59. The van der Waals surface area contributed by atoms with E-state index in [1.54, 1.807) is 19.4 Å². The van der Waals surface area contributed by atoms with Gasteiger partial charge in [-0.05, 0) is 5.21 Å². The molecular weight excluding hydrogens is 106 g/mol. The molecule has 8 heavy (non-hydrogen) atoms. The minimum atomic E-state index is 0. The lowest BCUT2D eigenvalue weighted by atomic mass is 11.0. The second-order valence-electron chi connectivity index (χ2n) is 1.07. The molecule has 46 valence electrons. The molecule has 5 nitrogen and oxygen atoms in total. The van der Waals surface area contributed by atoms with E-state index in [0.717, 1.165) is 0 Å². The Kier molecular flexibility index (Phi) is 2.57. The number of hydrogen-bond donors (Lipinski definition) is 2. The molecule has 1 aromatic heterocycles. The summed E-state index contributed by atoms with van der Waals surface area (Å²) in [6, 6.07) is 0. The van der Waals surface area contributed by atoms with Crippen molar-refractivity contribution in [3.05, 3.63) is 12.4 Å². The summed E-state index contributed by atoms with van der Waals surface area (Å²) in [4.78, 5) is 1.51. The zero-order valence-corrected chi connectivity index (χ0v) is 4.70. The zero-order chi connectivity index (χ0) is 5.11. The van der Waals surface area contributed by atoms with Crippen LogP contribution in [-0.4, -0.2) is 22.2 Å². The van der Waals surface area contributed by atoms with E-state index in [9.17, 15) is 0 Å². The van der Waals surface area contributed by atoms with Crippen LogP contribution in [0.5, 0.6) is 0 Å². The standard InChI is InChI=1S/C3H6N4.H3N/c1-4-7-3-2-5-6-7;/h2-4H,1H3;1H3. The van der Waals surface area contributed by atoms with E-state index >= 15 is 0 Å². The summed E-state index contributed by atoms with van der Waals surface area (Å²) >= 11 is 0. The third-order valence-corrected chi connectivity index (χ3v) is 0.652. The van der Waals surface area contributed by atoms with Crippen molar-refractivity contribution in [2.24, 2.45) is 0 Å². The fourth-order valence-corrected chi connectivity index (χ4v) is 0.327. The van der Waals surface area contributed by atoms with Crippen molar-refractivity contribution in [2.45, 2.75) is 0 Å². The summed E-state index contributed by atoms with van der Waals surface area (Å²) in [6.07, 6.45) is 3.33. The first-order valence-electron chi connectivity index (χ1n) is 1.97. The molecule has 0 aromatic carbocycles. The average Bonchev–Trinajstić information content (AvgIpc) is 2.14. The molecule has 5 heteroatoms. The Bertz CT molecular complexity index is 122. The Labute approximate surface area is 47.2 Å². The summed E-state index contributed by atoms with van der Waals surface area (Å²) in [6.45, 7) is 0. The molecule has 0 aliphatic rings. The van der Waals surface area contributed by atoms with Crippen LogP contribution in [0.3, 0.4) is 0 Å². The van der Waals surface area contributed by atoms with Gasteiger partial charge in [-0.1, -0.05) is 0 Å². The Morgan fingerprint density at radius 3 is 2.62 bits per heavy atom. The molecule has 4 N–H and O–H groups in total. The Balaban J connectivity index is 0.000000490. The molecule has 0 radical (unpaired) electrons. The van der Waals surface area contributed by atoms with Gasteiger partial charge in [-0.25, -0.2) is 0 Å². The highest BCUT2D eigenvalue weighted by atomic mass is 15.6. The maximum atomic E-state index is 3.59. The molecule has 0 saturated heterocycles. The first kappa shape index (κ1) is 6.90. The van der Waals surface area contributed by atoms with E-state index in [1.165, 1.54) is 4.79 Å². The SMILES string of the molecule is CNn1ccnn1.N. The van der Waals surface area contributed by atoms with E-state index in [4.69, 9.17) is 0 Å². The first-order chi connectivity index (χ1) is 3.43. The molecule has 0 atom stereocenters. The first-order valence-corrected chi connectivity index (χ1v) is 1.97. The molecule has 1 heterocycles. The normalized spacial score (nSPS) is 7.62. The van der Waals surface area contributed by atoms with Crippen LogP contribution in [0.2, 0.25) is 0 Å². The molecule has 0 bridgehead atoms. The highest BCUT2D eigenvalue weighted by Gasteiger charge is 1.76. The van der Waals surface area contributed by atoms with Crippen LogP contribution in [-0.2, 0) is 0 Å². The quantitative estimate of drug-likeness (QED) is 0.522. The summed E-state index contributed by atoms with van der Waals surface area (Å²) in [5.41, 5.74) is 2.75. The van der Waals surface area contributed by atoms with Crippen molar-refractivity contribution in [2.75, 3.05) is 12.5 Å². The van der Waals surface area contributed by atoms with Gasteiger partial charge in [0.05, 0.1) is 12.4 Å². The summed E-state index contributed by atoms with van der Waals surface area (Å²) in [5.74, 6) is 0. The fraction of sp³-hybridized carbons (Fsp3) is 0.333. The highest BCUT2D eigenvalue weighted by Crippen LogP contribution is 1.67. The monoisotopic (exact) mass is 115 g/mol. The van der Waals surface area contributed by atoms with Crippen LogP contribution in [0.25, 0.3) is 0 Å². The van der Waals surface area contributed by atoms with Gasteiger partial charge < -0.3 is 11.6 Å². The topological polar surface area (TPSA) is 77.7 Å². The molecule has 1 rings (SSSR count). The maximum Gasteiger partial charge on any atom is 0.0715 e. The van der Waals surface area contributed by atoms with Gasteiger partial charge in [0.25, 0.3) is 0 Å². The van der Waals surface area contributed by atoms with E-state index in [-0.39, 0.29) is 6.15 Å². The molecule has 0 aliphatic heterocycles. The van der Waals surface area contributed by atoms with E-state index in [2.05, 4.69) is 15.7 Å². The van der Waals surface area contributed by atoms with Gasteiger partial charge in [-0.3, -0.25) is 0 Å². The number of nitrogens with one attached hydrogen (secondary N) is 1. The van der Waals surface area contributed by atoms with Crippen LogP contribution < -0.4 is 11.6 Å². The third kappa shape index (κ3) is 1.19. The highest BCUT2D eigenvalue weighted by molar-refractivity contribution is 4.66. The molecule has 0 fully saturated rings. The molecular formula is C3H9N5. The Hall–Kier alpha value is -1.10. The molecule has 0 saturated carbocycles. The van der Waals surface area contributed by atoms with Gasteiger partial charge in [0.1, 0.15) is 0 Å².